The predicted octanol–water partition coefficient (Wildman–Crippen LogP) is 7.14. The van der Waals surface area contributed by atoms with Gasteiger partial charge in [-0.15, -0.1) is 0 Å². The van der Waals surface area contributed by atoms with Crippen LogP contribution in [0.25, 0.3) is 0 Å². The Hall–Kier alpha value is -0.340. The van der Waals surface area contributed by atoms with Crippen LogP contribution in [-0.2, 0) is 0 Å². The Kier molecular flexibility index (Phi) is 5.02. The second-order valence-corrected chi connectivity index (χ2v) is 15.2. The lowest BCUT2D eigenvalue weighted by atomic mass is 9.34. The minimum absolute atomic E-state index is 0.0233. The van der Waals surface area contributed by atoms with Crippen LogP contribution in [0, 0.1) is 50.2 Å². The first-order chi connectivity index (χ1) is 14.8. The molecule has 0 spiro atoms. The van der Waals surface area contributed by atoms with Gasteiger partial charge in [-0.2, -0.15) is 0 Å². The summed E-state index contributed by atoms with van der Waals surface area (Å²) in [6, 6.07) is 0. The molecule has 0 bridgehead atoms. The van der Waals surface area contributed by atoms with Crippen LogP contribution in [-0.4, -0.2) is 22.9 Å². The van der Waals surface area contributed by atoms with E-state index in [0.717, 1.165) is 18.8 Å². The molecule has 0 aliphatic heterocycles. The highest BCUT2D eigenvalue weighted by Crippen LogP contribution is 2.74. The van der Waals surface area contributed by atoms with Crippen LogP contribution in [0.15, 0.2) is 11.6 Å². The van der Waals surface area contributed by atoms with E-state index in [4.69, 9.17) is 0 Å². The van der Waals surface area contributed by atoms with Crippen molar-refractivity contribution in [2.24, 2.45) is 50.2 Å². The summed E-state index contributed by atoms with van der Waals surface area (Å²) >= 11 is 0. The van der Waals surface area contributed by atoms with Gasteiger partial charge >= 0.3 is 0 Å². The van der Waals surface area contributed by atoms with Gasteiger partial charge in [-0.3, -0.25) is 0 Å². The monoisotopic (exact) mass is 442 g/mol. The molecule has 2 heteroatoms. The molecule has 0 aromatic carbocycles. The lowest BCUT2D eigenvalue weighted by Crippen LogP contribution is -2.63. The fraction of sp³-hybridized carbons (Fsp3) is 0.933. The van der Waals surface area contributed by atoms with E-state index in [1.807, 2.05) is 0 Å². The van der Waals surface area contributed by atoms with Crippen LogP contribution in [0.1, 0.15) is 113 Å². The summed E-state index contributed by atoms with van der Waals surface area (Å²) in [4.78, 5) is 0. The highest BCUT2D eigenvalue weighted by molar-refractivity contribution is 5.35. The minimum atomic E-state index is -0.151. The molecule has 0 radical (unpaired) electrons. The standard InChI is InChI=1S/C30H50O2/c1-25(2)16-17-30(19-31)15-10-22-28(6)12-8-20-26(3,4)24(32)11-14-27(20,5)21(28)9-13-29(22,7)23(30)18-25/h10,20-21,23-24,31-32H,8-9,11-19H2,1-7H3/t20-,21-,23+,24-,27+,28-,29-,30+/m1/s1. The maximum atomic E-state index is 10.9. The van der Waals surface area contributed by atoms with Crippen molar-refractivity contribution in [2.75, 3.05) is 6.61 Å². The van der Waals surface area contributed by atoms with Crippen molar-refractivity contribution in [3.63, 3.8) is 0 Å². The van der Waals surface area contributed by atoms with Crippen molar-refractivity contribution in [1.82, 2.24) is 0 Å². The number of hydrogen-bond acceptors (Lipinski definition) is 2. The fourth-order valence-electron chi connectivity index (χ4n) is 10.9. The maximum absolute atomic E-state index is 10.9. The van der Waals surface area contributed by atoms with Gasteiger partial charge in [-0.1, -0.05) is 60.1 Å². The van der Waals surface area contributed by atoms with Gasteiger partial charge < -0.3 is 10.2 Å². The first-order valence-electron chi connectivity index (χ1n) is 13.8. The number of fused-ring (bicyclic) bond motifs is 7. The molecular formula is C30H50O2. The number of hydrogen-bond donors (Lipinski definition) is 2. The first-order valence-corrected chi connectivity index (χ1v) is 13.8. The van der Waals surface area contributed by atoms with Crippen LogP contribution in [0.5, 0.6) is 0 Å². The first kappa shape index (κ1) is 23.4. The highest BCUT2D eigenvalue weighted by Gasteiger charge is 2.67. The van der Waals surface area contributed by atoms with Gasteiger partial charge in [0.05, 0.1) is 6.10 Å². The van der Waals surface area contributed by atoms with Crippen LogP contribution >= 0.6 is 0 Å². The molecule has 0 unspecified atom stereocenters. The van der Waals surface area contributed by atoms with Gasteiger partial charge in [-0.05, 0) is 109 Å². The molecule has 5 aliphatic rings. The van der Waals surface area contributed by atoms with Crippen molar-refractivity contribution in [2.45, 2.75) is 119 Å². The summed E-state index contributed by atoms with van der Waals surface area (Å²) in [5.74, 6) is 1.95. The zero-order chi connectivity index (χ0) is 23.4. The zero-order valence-corrected chi connectivity index (χ0v) is 22.1. The Morgan fingerprint density at radius 2 is 1.41 bits per heavy atom. The van der Waals surface area contributed by atoms with Crippen LogP contribution < -0.4 is 0 Å². The second-order valence-electron chi connectivity index (χ2n) is 15.2. The topological polar surface area (TPSA) is 40.5 Å². The number of aliphatic hydroxyl groups excluding tert-OH is 2. The van der Waals surface area contributed by atoms with Gasteiger partial charge in [-0.25, -0.2) is 0 Å². The molecule has 0 aromatic heterocycles. The number of rotatable bonds is 1. The van der Waals surface area contributed by atoms with Crippen molar-refractivity contribution in [3.8, 4) is 0 Å². The van der Waals surface area contributed by atoms with E-state index >= 15 is 0 Å². The fourth-order valence-corrected chi connectivity index (χ4v) is 10.9. The van der Waals surface area contributed by atoms with Gasteiger partial charge in [0, 0.05) is 12.0 Å². The molecule has 2 nitrogen and oxygen atoms in total. The number of allylic oxidation sites excluding steroid dienone is 2. The Morgan fingerprint density at radius 3 is 2.06 bits per heavy atom. The van der Waals surface area contributed by atoms with E-state index < -0.39 is 0 Å². The molecule has 0 amide bonds. The quantitative estimate of drug-likeness (QED) is 0.424. The van der Waals surface area contributed by atoms with E-state index in [-0.39, 0.29) is 27.8 Å². The van der Waals surface area contributed by atoms with Gasteiger partial charge in [0.2, 0.25) is 0 Å². The average Bonchev–Trinajstić information content (AvgIpc) is 2.71. The summed E-state index contributed by atoms with van der Waals surface area (Å²) < 4.78 is 0. The molecule has 32 heavy (non-hydrogen) atoms. The third-order valence-electron chi connectivity index (χ3n) is 12.8. The SMILES string of the molecule is CC1(C)CC[C@]2(CO)CC=C3[C@]4(C)CC[C@@H]5C(C)(C)[C@H](O)CC[C@]5(C)[C@H]4CC[C@@]3(C)[C@@H]2C1. The van der Waals surface area contributed by atoms with Crippen molar-refractivity contribution in [3.05, 3.63) is 11.6 Å². The molecule has 0 saturated heterocycles. The van der Waals surface area contributed by atoms with Crippen LogP contribution in [0.4, 0.5) is 0 Å². The predicted molar refractivity (Wildman–Crippen MR) is 132 cm³/mol. The third-order valence-corrected chi connectivity index (χ3v) is 12.8. The van der Waals surface area contributed by atoms with Crippen molar-refractivity contribution in [1.29, 1.82) is 0 Å². The zero-order valence-electron chi connectivity index (χ0n) is 22.1. The summed E-state index contributed by atoms with van der Waals surface area (Å²) in [7, 11) is 0. The Morgan fingerprint density at radius 1 is 0.781 bits per heavy atom. The van der Waals surface area contributed by atoms with E-state index in [1.54, 1.807) is 5.57 Å². The van der Waals surface area contributed by atoms with E-state index in [1.165, 1.54) is 51.4 Å². The number of aliphatic hydroxyl groups is 2. The van der Waals surface area contributed by atoms with Gasteiger partial charge in [0.1, 0.15) is 0 Å². The molecule has 2 N–H and O–H groups in total. The molecule has 8 atom stereocenters. The maximum Gasteiger partial charge on any atom is 0.0594 e. The lowest BCUT2D eigenvalue weighted by molar-refractivity contribution is -0.186. The molecule has 5 rings (SSSR count). The molecule has 4 fully saturated rings. The molecule has 0 aromatic rings. The van der Waals surface area contributed by atoms with E-state index in [2.05, 4.69) is 54.5 Å². The minimum Gasteiger partial charge on any atom is -0.396 e. The van der Waals surface area contributed by atoms with E-state index in [9.17, 15) is 10.2 Å². The summed E-state index contributed by atoms with van der Waals surface area (Å²) in [6.07, 6.45) is 14.6. The third kappa shape index (κ3) is 2.84. The normalized spacial score (nSPS) is 53.8. The Balaban J connectivity index is 1.57. The van der Waals surface area contributed by atoms with E-state index in [0.29, 0.717) is 29.3 Å². The van der Waals surface area contributed by atoms with Crippen molar-refractivity contribution >= 4 is 0 Å². The molecule has 182 valence electrons. The summed E-state index contributed by atoms with van der Waals surface area (Å²) in [5.41, 5.74) is 3.13. The average molecular weight is 443 g/mol. The van der Waals surface area contributed by atoms with Gasteiger partial charge in [0.15, 0.2) is 0 Å². The summed E-state index contributed by atoms with van der Waals surface area (Å²) in [5, 5.41) is 21.6. The van der Waals surface area contributed by atoms with Gasteiger partial charge in [0.25, 0.3) is 0 Å². The second kappa shape index (κ2) is 6.87. The van der Waals surface area contributed by atoms with Crippen LogP contribution in [0.3, 0.4) is 0 Å². The molecule has 0 heterocycles. The lowest BCUT2D eigenvalue weighted by Gasteiger charge is -2.70. The highest BCUT2D eigenvalue weighted by atomic mass is 16.3. The van der Waals surface area contributed by atoms with Crippen LogP contribution in [0.2, 0.25) is 0 Å². The molecular weight excluding hydrogens is 392 g/mol. The summed E-state index contributed by atoms with van der Waals surface area (Å²) in [6.45, 7) is 17.8. The molecule has 5 aliphatic carbocycles. The Bertz CT molecular complexity index is 810. The largest absolute Gasteiger partial charge is 0.396 e. The Labute approximate surface area is 197 Å². The molecule has 4 saturated carbocycles. The van der Waals surface area contributed by atoms with Crippen molar-refractivity contribution < 1.29 is 10.2 Å². The smallest absolute Gasteiger partial charge is 0.0594 e.